The molecule has 0 aliphatic carbocycles. The third-order valence-corrected chi connectivity index (χ3v) is 2.67. The summed E-state index contributed by atoms with van der Waals surface area (Å²) in [6, 6.07) is -0.0933. The first-order chi connectivity index (χ1) is 6.99. The van der Waals surface area contributed by atoms with E-state index in [0.717, 1.165) is 6.42 Å². The van der Waals surface area contributed by atoms with Crippen molar-refractivity contribution >= 4 is 5.97 Å². The van der Waals surface area contributed by atoms with Gasteiger partial charge >= 0.3 is 5.97 Å². The molecule has 0 fully saturated rings. The van der Waals surface area contributed by atoms with Crippen molar-refractivity contribution in [3.05, 3.63) is 0 Å². The summed E-state index contributed by atoms with van der Waals surface area (Å²) in [6.07, 6.45) is 0.986. The summed E-state index contributed by atoms with van der Waals surface area (Å²) < 4.78 is 6.11. The molecule has 0 N–H and O–H groups in total. The Morgan fingerprint density at radius 1 is 1.25 bits per heavy atom. The van der Waals surface area contributed by atoms with E-state index >= 15 is 0 Å². The van der Waals surface area contributed by atoms with Gasteiger partial charge in [0.25, 0.3) is 0 Å². The van der Waals surface area contributed by atoms with Gasteiger partial charge in [0.05, 0.1) is 21.1 Å². The van der Waals surface area contributed by atoms with Crippen LogP contribution in [-0.2, 0) is 9.53 Å². The number of ether oxygens (including phenoxy) is 1. The van der Waals surface area contributed by atoms with Crippen LogP contribution in [0.2, 0.25) is 0 Å². The molecule has 0 aromatic carbocycles. The van der Waals surface area contributed by atoms with E-state index in [1.165, 1.54) is 0 Å². The van der Waals surface area contributed by atoms with Gasteiger partial charge in [-0.15, -0.1) is 0 Å². The molecule has 0 heterocycles. The van der Waals surface area contributed by atoms with Crippen LogP contribution in [0.3, 0.4) is 0 Å². The quantitative estimate of drug-likeness (QED) is 0.548. The average molecular weight is 230 g/mol. The zero-order chi connectivity index (χ0) is 13.1. The number of esters is 1. The lowest BCUT2D eigenvalue weighted by molar-refractivity contribution is -0.891. The van der Waals surface area contributed by atoms with Crippen LogP contribution in [0.4, 0.5) is 0 Å². The molecule has 0 aliphatic heterocycles. The van der Waals surface area contributed by atoms with Crippen molar-refractivity contribution in [2.75, 3.05) is 21.1 Å². The fourth-order valence-corrected chi connectivity index (χ4v) is 1.90. The van der Waals surface area contributed by atoms with E-state index in [1.54, 1.807) is 0 Å². The van der Waals surface area contributed by atoms with Crippen LogP contribution in [0.5, 0.6) is 0 Å². The van der Waals surface area contributed by atoms with E-state index in [4.69, 9.17) is 4.74 Å². The fourth-order valence-electron chi connectivity index (χ4n) is 1.90. The van der Waals surface area contributed by atoms with Gasteiger partial charge in [-0.25, -0.2) is 4.79 Å². The summed E-state index contributed by atoms with van der Waals surface area (Å²) >= 11 is 0. The molecule has 0 spiro atoms. The lowest BCUT2D eigenvalue weighted by atomic mass is 9.96. The Bertz CT molecular complexity index is 235. The summed E-state index contributed by atoms with van der Waals surface area (Å²) in [5.41, 5.74) is -0.405. The van der Waals surface area contributed by atoms with Gasteiger partial charge in [0, 0.05) is 5.92 Å². The molecule has 0 aliphatic rings. The largest absolute Gasteiger partial charge is 0.456 e. The van der Waals surface area contributed by atoms with Crippen molar-refractivity contribution in [3.8, 4) is 0 Å². The summed E-state index contributed by atoms with van der Waals surface area (Å²) in [5.74, 6) is 0.240. The third-order valence-electron chi connectivity index (χ3n) is 2.67. The lowest BCUT2D eigenvalue weighted by Gasteiger charge is -2.37. The molecular weight excluding hydrogens is 202 g/mol. The third kappa shape index (κ3) is 4.97. The van der Waals surface area contributed by atoms with Gasteiger partial charge in [-0.05, 0) is 27.2 Å². The van der Waals surface area contributed by atoms with E-state index in [-0.39, 0.29) is 12.0 Å². The van der Waals surface area contributed by atoms with Crippen LogP contribution in [-0.4, -0.2) is 43.2 Å². The molecule has 1 unspecified atom stereocenters. The highest BCUT2D eigenvalue weighted by Gasteiger charge is 2.38. The Kier molecular flexibility index (Phi) is 4.99. The number of likely N-dealkylation sites (N-methyl/N-ethyl adjacent to an activating group) is 1. The molecule has 0 aromatic heterocycles. The van der Waals surface area contributed by atoms with Gasteiger partial charge in [-0.1, -0.05) is 13.8 Å². The van der Waals surface area contributed by atoms with E-state index in [2.05, 4.69) is 13.8 Å². The number of quaternary nitrogens is 1. The topological polar surface area (TPSA) is 26.3 Å². The maximum atomic E-state index is 12.2. The van der Waals surface area contributed by atoms with Crippen molar-refractivity contribution in [1.82, 2.24) is 0 Å². The number of rotatable bonds is 4. The molecule has 0 saturated carbocycles. The average Bonchev–Trinajstić information content (AvgIpc) is 1.97. The number of hydrogen-bond acceptors (Lipinski definition) is 2. The zero-order valence-corrected chi connectivity index (χ0v) is 12.1. The van der Waals surface area contributed by atoms with Crippen LogP contribution in [0.15, 0.2) is 0 Å². The SMILES string of the molecule is CCC(C)[C@@H](C(=O)OC(C)(C)C)[N+](C)(C)C. The fraction of sp³-hybridized carbons (Fsp3) is 0.923. The van der Waals surface area contributed by atoms with Gasteiger partial charge in [-0.2, -0.15) is 0 Å². The minimum Gasteiger partial charge on any atom is -0.456 e. The van der Waals surface area contributed by atoms with Crippen molar-refractivity contribution in [1.29, 1.82) is 0 Å². The first-order valence-electron chi connectivity index (χ1n) is 6.03. The van der Waals surface area contributed by atoms with Crippen LogP contribution >= 0.6 is 0 Å². The predicted molar refractivity (Wildman–Crippen MR) is 67.1 cm³/mol. The number of nitrogens with zero attached hydrogens (tertiary/aromatic N) is 1. The smallest absolute Gasteiger partial charge is 0.365 e. The maximum absolute atomic E-state index is 12.2. The van der Waals surface area contributed by atoms with E-state index in [0.29, 0.717) is 10.4 Å². The minimum absolute atomic E-state index is 0.0886. The molecule has 0 radical (unpaired) electrons. The van der Waals surface area contributed by atoms with Crippen LogP contribution in [0.1, 0.15) is 41.0 Å². The molecule has 3 heteroatoms. The van der Waals surface area contributed by atoms with Gasteiger partial charge in [0.2, 0.25) is 0 Å². The van der Waals surface area contributed by atoms with Crippen molar-refractivity contribution in [2.45, 2.75) is 52.7 Å². The highest BCUT2D eigenvalue weighted by Crippen LogP contribution is 2.21. The molecule has 3 nitrogen and oxygen atoms in total. The van der Waals surface area contributed by atoms with Crippen molar-refractivity contribution in [3.63, 3.8) is 0 Å². The lowest BCUT2D eigenvalue weighted by Crippen LogP contribution is -2.54. The Labute approximate surface area is 100 Å². The molecule has 0 bridgehead atoms. The Hall–Kier alpha value is -0.570. The Morgan fingerprint density at radius 3 is 1.94 bits per heavy atom. The molecule has 2 atom stereocenters. The Morgan fingerprint density at radius 2 is 1.69 bits per heavy atom. The summed E-state index contributed by atoms with van der Waals surface area (Å²) in [5, 5.41) is 0. The highest BCUT2D eigenvalue weighted by atomic mass is 16.6. The normalized spacial score (nSPS) is 16.8. The van der Waals surface area contributed by atoms with Gasteiger partial charge in [-0.3, -0.25) is 0 Å². The predicted octanol–water partition coefficient (Wildman–Crippen LogP) is 2.45. The summed E-state index contributed by atoms with van der Waals surface area (Å²) in [4.78, 5) is 12.2. The van der Waals surface area contributed by atoms with Gasteiger partial charge in [0.1, 0.15) is 5.60 Å². The van der Waals surface area contributed by atoms with Crippen LogP contribution in [0, 0.1) is 5.92 Å². The molecule has 96 valence electrons. The second-order valence-corrected chi connectivity index (χ2v) is 6.48. The van der Waals surface area contributed by atoms with E-state index < -0.39 is 5.60 Å². The molecule has 0 amide bonds. The minimum atomic E-state index is -0.405. The number of carbonyl (C=O) groups is 1. The monoisotopic (exact) mass is 230 g/mol. The molecule has 0 saturated heterocycles. The highest BCUT2D eigenvalue weighted by molar-refractivity contribution is 5.75. The van der Waals surface area contributed by atoms with E-state index in [9.17, 15) is 4.79 Å². The zero-order valence-electron chi connectivity index (χ0n) is 12.1. The summed E-state index contributed by atoms with van der Waals surface area (Å²) in [7, 11) is 6.13. The first kappa shape index (κ1) is 15.4. The number of carbonyl (C=O) groups excluding carboxylic acids is 1. The van der Waals surface area contributed by atoms with Crippen molar-refractivity contribution in [2.24, 2.45) is 5.92 Å². The second kappa shape index (κ2) is 5.17. The standard InChI is InChI=1S/C13H28NO2/c1-9-10(2)11(14(6,7)8)12(15)16-13(3,4)5/h10-11H,9H2,1-8H3/q+1/t10?,11-/m0/s1. The van der Waals surface area contributed by atoms with Crippen molar-refractivity contribution < 1.29 is 14.0 Å². The van der Waals surface area contributed by atoms with Crippen LogP contribution in [0.25, 0.3) is 0 Å². The second-order valence-electron chi connectivity index (χ2n) is 6.48. The number of hydrogen-bond donors (Lipinski definition) is 0. The van der Waals surface area contributed by atoms with Gasteiger partial charge in [0.15, 0.2) is 6.04 Å². The summed E-state index contributed by atoms with van der Waals surface area (Å²) in [6.45, 7) is 9.95. The van der Waals surface area contributed by atoms with E-state index in [1.807, 2.05) is 41.9 Å². The van der Waals surface area contributed by atoms with Crippen LogP contribution < -0.4 is 0 Å². The molecule has 0 aromatic rings. The maximum Gasteiger partial charge on any atom is 0.365 e. The molecule has 16 heavy (non-hydrogen) atoms. The molecule has 0 rings (SSSR count). The first-order valence-corrected chi connectivity index (χ1v) is 6.03. The Balaban J connectivity index is 4.86. The molecular formula is C13H28NO2+. The van der Waals surface area contributed by atoms with Gasteiger partial charge < -0.3 is 9.22 Å².